The van der Waals surface area contributed by atoms with E-state index < -0.39 is 5.79 Å². The molecule has 0 spiro atoms. The van der Waals surface area contributed by atoms with Gasteiger partial charge in [0.15, 0.2) is 0 Å². The van der Waals surface area contributed by atoms with Gasteiger partial charge in [-0.15, -0.1) is 0 Å². The van der Waals surface area contributed by atoms with Crippen molar-refractivity contribution < 1.29 is 9.47 Å². The predicted molar refractivity (Wildman–Crippen MR) is 62.3 cm³/mol. The predicted octanol–water partition coefficient (Wildman–Crippen LogP) is 3.46. The SMILES string of the molecule is CC(C)[C@@]12CCC(C)(Oc3ccccc31)O2. The number of para-hydroxylation sites is 1. The molecule has 0 aliphatic carbocycles. The number of hydrogen-bond donors (Lipinski definition) is 0. The molecule has 0 saturated carbocycles. The lowest BCUT2D eigenvalue weighted by Crippen LogP contribution is -2.43. The second kappa shape index (κ2) is 3.01. The van der Waals surface area contributed by atoms with Crippen LogP contribution in [-0.4, -0.2) is 5.79 Å². The Kier molecular flexibility index (Phi) is 1.91. The van der Waals surface area contributed by atoms with Crippen LogP contribution in [0, 0.1) is 5.92 Å². The van der Waals surface area contributed by atoms with Gasteiger partial charge in [-0.25, -0.2) is 0 Å². The lowest BCUT2D eigenvalue weighted by Gasteiger charge is -2.42. The van der Waals surface area contributed by atoms with Crippen molar-refractivity contribution in [3.05, 3.63) is 29.8 Å². The Bertz CT molecular complexity index is 426. The maximum atomic E-state index is 6.24. The van der Waals surface area contributed by atoms with Gasteiger partial charge in [-0.3, -0.25) is 0 Å². The van der Waals surface area contributed by atoms with Gasteiger partial charge in [-0.05, 0) is 18.4 Å². The fourth-order valence-electron chi connectivity index (χ4n) is 3.02. The highest BCUT2D eigenvalue weighted by atomic mass is 16.7. The van der Waals surface area contributed by atoms with Crippen molar-refractivity contribution in [2.24, 2.45) is 5.92 Å². The first-order chi connectivity index (χ1) is 7.56. The molecule has 16 heavy (non-hydrogen) atoms. The lowest BCUT2D eigenvalue weighted by atomic mass is 9.81. The van der Waals surface area contributed by atoms with Crippen molar-refractivity contribution in [3.8, 4) is 5.75 Å². The summed E-state index contributed by atoms with van der Waals surface area (Å²) in [5, 5.41) is 0. The normalized spacial score (nSPS) is 36.0. The average Bonchev–Trinajstić information content (AvgIpc) is 2.53. The monoisotopic (exact) mass is 218 g/mol. The van der Waals surface area contributed by atoms with E-state index in [1.165, 1.54) is 5.56 Å². The van der Waals surface area contributed by atoms with E-state index in [0.717, 1.165) is 18.6 Å². The zero-order valence-corrected chi connectivity index (χ0v) is 10.1. The number of ether oxygens (including phenoxy) is 2. The molecule has 86 valence electrons. The van der Waals surface area contributed by atoms with Gasteiger partial charge < -0.3 is 9.47 Å². The van der Waals surface area contributed by atoms with Gasteiger partial charge in [-0.1, -0.05) is 32.0 Å². The van der Waals surface area contributed by atoms with E-state index in [4.69, 9.17) is 9.47 Å². The summed E-state index contributed by atoms with van der Waals surface area (Å²) < 4.78 is 12.2. The molecule has 2 nitrogen and oxygen atoms in total. The fraction of sp³-hybridized carbons (Fsp3) is 0.571. The highest BCUT2D eigenvalue weighted by Crippen LogP contribution is 2.55. The number of fused-ring (bicyclic) bond motifs is 4. The summed E-state index contributed by atoms with van der Waals surface area (Å²) in [5.74, 6) is 1.06. The van der Waals surface area contributed by atoms with E-state index in [2.05, 4.69) is 32.0 Å². The van der Waals surface area contributed by atoms with Crippen molar-refractivity contribution in [1.29, 1.82) is 0 Å². The minimum absolute atomic E-state index is 0.135. The van der Waals surface area contributed by atoms with Crippen molar-refractivity contribution in [1.82, 2.24) is 0 Å². The molecule has 2 heterocycles. The van der Waals surface area contributed by atoms with E-state index >= 15 is 0 Å². The highest BCUT2D eigenvalue weighted by Gasteiger charge is 2.55. The van der Waals surface area contributed by atoms with Crippen LogP contribution in [0.1, 0.15) is 39.2 Å². The summed E-state index contributed by atoms with van der Waals surface area (Å²) in [6, 6.07) is 8.29. The van der Waals surface area contributed by atoms with E-state index in [1.54, 1.807) is 0 Å². The third-order valence-corrected chi connectivity index (χ3v) is 3.95. The van der Waals surface area contributed by atoms with Crippen LogP contribution in [0.2, 0.25) is 0 Å². The molecule has 1 fully saturated rings. The quantitative estimate of drug-likeness (QED) is 0.718. The first-order valence-electron chi connectivity index (χ1n) is 6.04. The first-order valence-corrected chi connectivity index (χ1v) is 6.04. The van der Waals surface area contributed by atoms with Gasteiger partial charge in [0.2, 0.25) is 5.79 Å². The summed E-state index contributed by atoms with van der Waals surface area (Å²) in [7, 11) is 0. The molecule has 3 rings (SSSR count). The van der Waals surface area contributed by atoms with E-state index in [0.29, 0.717) is 5.92 Å². The van der Waals surface area contributed by atoms with Crippen LogP contribution >= 0.6 is 0 Å². The summed E-state index contributed by atoms with van der Waals surface area (Å²) in [6.45, 7) is 6.51. The third kappa shape index (κ3) is 1.17. The summed E-state index contributed by atoms with van der Waals surface area (Å²) >= 11 is 0. The van der Waals surface area contributed by atoms with Gasteiger partial charge in [-0.2, -0.15) is 0 Å². The first kappa shape index (κ1) is 10.2. The lowest BCUT2D eigenvalue weighted by molar-refractivity contribution is -0.230. The Labute approximate surface area is 96.6 Å². The van der Waals surface area contributed by atoms with Crippen molar-refractivity contribution in [3.63, 3.8) is 0 Å². The van der Waals surface area contributed by atoms with E-state index in [9.17, 15) is 0 Å². The molecule has 1 unspecified atom stereocenters. The number of rotatable bonds is 1. The molecule has 2 bridgehead atoms. The molecule has 1 aromatic carbocycles. The van der Waals surface area contributed by atoms with Crippen molar-refractivity contribution in [2.75, 3.05) is 0 Å². The largest absolute Gasteiger partial charge is 0.462 e. The second-order valence-corrected chi connectivity index (χ2v) is 5.38. The van der Waals surface area contributed by atoms with Crippen LogP contribution in [-0.2, 0) is 10.3 Å². The Hall–Kier alpha value is -1.02. The second-order valence-electron chi connectivity index (χ2n) is 5.38. The van der Waals surface area contributed by atoms with Crippen LogP contribution in [0.5, 0.6) is 5.75 Å². The molecule has 0 amide bonds. The molecule has 1 saturated heterocycles. The van der Waals surface area contributed by atoms with Crippen molar-refractivity contribution in [2.45, 2.75) is 45.0 Å². The average molecular weight is 218 g/mol. The molecule has 2 aliphatic heterocycles. The molecule has 1 aromatic rings. The van der Waals surface area contributed by atoms with Gasteiger partial charge in [0.05, 0.1) is 0 Å². The topological polar surface area (TPSA) is 18.5 Å². The zero-order valence-electron chi connectivity index (χ0n) is 10.1. The molecule has 2 aliphatic rings. The van der Waals surface area contributed by atoms with Crippen LogP contribution < -0.4 is 4.74 Å². The van der Waals surface area contributed by atoms with Crippen molar-refractivity contribution >= 4 is 0 Å². The van der Waals surface area contributed by atoms with Gasteiger partial charge in [0.25, 0.3) is 0 Å². The standard InChI is InChI=1S/C14H18O2/c1-10(2)14-9-8-13(3,16-14)15-12-7-5-4-6-11(12)14/h4-7,10H,8-9H2,1-3H3/t13?,14-/m0/s1. The van der Waals surface area contributed by atoms with Gasteiger partial charge in [0, 0.05) is 18.9 Å². The number of benzene rings is 1. The van der Waals surface area contributed by atoms with E-state index in [-0.39, 0.29) is 5.60 Å². The smallest absolute Gasteiger partial charge is 0.208 e. The van der Waals surface area contributed by atoms with Crippen LogP contribution in [0.4, 0.5) is 0 Å². The molecule has 2 atom stereocenters. The fourth-order valence-corrected chi connectivity index (χ4v) is 3.02. The molecular formula is C14H18O2. The summed E-state index contributed by atoms with van der Waals surface area (Å²) in [6.07, 6.45) is 2.03. The molecule has 0 N–H and O–H groups in total. The maximum Gasteiger partial charge on any atom is 0.208 e. The Balaban J connectivity index is 2.20. The molecular weight excluding hydrogens is 200 g/mol. The van der Waals surface area contributed by atoms with Crippen LogP contribution in [0.3, 0.4) is 0 Å². The van der Waals surface area contributed by atoms with Gasteiger partial charge in [0.1, 0.15) is 11.4 Å². The Morgan fingerprint density at radius 2 is 1.94 bits per heavy atom. The molecule has 0 aromatic heterocycles. The van der Waals surface area contributed by atoms with Crippen LogP contribution in [0.15, 0.2) is 24.3 Å². The number of hydrogen-bond acceptors (Lipinski definition) is 2. The molecule has 0 radical (unpaired) electrons. The third-order valence-electron chi connectivity index (χ3n) is 3.95. The summed E-state index contributed by atoms with van der Waals surface area (Å²) in [4.78, 5) is 0. The zero-order chi connectivity index (χ0) is 11.4. The van der Waals surface area contributed by atoms with E-state index in [1.807, 2.05) is 13.0 Å². The molecule has 2 heteroatoms. The Morgan fingerprint density at radius 1 is 1.19 bits per heavy atom. The Morgan fingerprint density at radius 3 is 2.69 bits per heavy atom. The van der Waals surface area contributed by atoms with Gasteiger partial charge >= 0.3 is 0 Å². The summed E-state index contributed by atoms with van der Waals surface area (Å²) in [5.41, 5.74) is 1.09. The minimum atomic E-state index is -0.418. The van der Waals surface area contributed by atoms with Crippen LogP contribution in [0.25, 0.3) is 0 Å². The maximum absolute atomic E-state index is 6.24. The highest BCUT2D eigenvalue weighted by molar-refractivity contribution is 5.41. The minimum Gasteiger partial charge on any atom is -0.462 e.